The quantitative estimate of drug-likeness (QED) is 0.523. The molecule has 2 aliphatic rings. The molecule has 0 saturated carbocycles. The van der Waals surface area contributed by atoms with Crippen molar-refractivity contribution in [1.82, 2.24) is 14.9 Å². The molecular weight excluding hydrogens is 466 g/mol. The third kappa shape index (κ3) is 5.00. The molecule has 2 aliphatic heterocycles. The molecule has 0 radical (unpaired) electrons. The van der Waals surface area contributed by atoms with Crippen LogP contribution in [0.4, 0.5) is 29.2 Å². The Morgan fingerprint density at radius 1 is 1.31 bits per heavy atom. The highest BCUT2D eigenvalue weighted by atomic mass is 19.3. The minimum atomic E-state index is -2.94. The van der Waals surface area contributed by atoms with E-state index < -0.39 is 42.7 Å². The number of aryl methyl sites for hydroxylation is 1. The number of nitrogens with zero attached hydrogens (tertiary/aromatic N) is 3. The molecule has 2 aromatic rings. The molecule has 11 heteroatoms. The van der Waals surface area contributed by atoms with Crippen molar-refractivity contribution in [2.75, 3.05) is 30.4 Å². The molecular formula is C24H25F4N5O2. The fourth-order valence-electron chi connectivity index (χ4n) is 4.24. The Balaban J connectivity index is 1.66. The number of aliphatic hydroxyl groups is 1. The molecule has 3 N–H and O–H groups in total. The minimum Gasteiger partial charge on any atom is -0.369 e. The summed E-state index contributed by atoms with van der Waals surface area (Å²) in [5.74, 6) is -0.490. The maximum atomic E-state index is 14.7. The largest absolute Gasteiger partial charge is 0.369 e. The van der Waals surface area contributed by atoms with Gasteiger partial charge in [-0.2, -0.15) is 0 Å². The molecule has 35 heavy (non-hydrogen) atoms. The monoisotopic (exact) mass is 491 g/mol. The fourth-order valence-corrected chi connectivity index (χ4v) is 4.24. The van der Waals surface area contributed by atoms with Crippen LogP contribution >= 0.6 is 0 Å². The number of anilines is 2. The predicted molar refractivity (Wildman–Crippen MR) is 123 cm³/mol. The molecule has 1 unspecified atom stereocenters. The summed E-state index contributed by atoms with van der Waals surface area (Å²) in [4.78, 5) is 21.7. The van der Waals surface area contributed by atoms with E-state index in [2.05, 4.69) is 20.6 Å². The van der Waals surface area contributed by atoms with Gasteiger partial charge in [0, 0.05) is 24.2 Å². The van der Waals surface area contributed by atoms with Gasteiger partial charge in [-0.15, -0.1) is 0 Å². The third-order valence-electron chi connectivity index (χ3n) is 6.09. The van der Waals surface area contributed by atoms with Crippen LogP contribution in [0.3, 0.4) is 0 Å². The predicted octanol–water partition coefficient (Wildman–Crippen LogP) is 4.29. The SMILES string of the molecule is Cc1nc2c(c(N[C@H](C)c3cccc(C(F)F)c3F)n1)C=C(C1=CCN(C(=O)CF)CC1)C(O)N2. The molecule has 0 fully saturated rings. The van der Waals surface area contributed by atoms with E-state index >= 15 is 0 Å². The molecule has 7 nitrogen and oxygen atoms in total. The Kier molecular flexibility index (Phi) is 7.06. The Morgan fingerprint density at radius 2 is 2.06 bits per heavy atom. The van der Waals surface area contributed by atoms with Crippen LogP contribution in [-0.2, 0) is 4.79 Å². The maximum absolute atomic E-state index is 14.7. The Morgan fingerprint density at radius 3 is 2.71 bits per heavy atom. The first-order chi connectivity index (χ1) is 16.7. The Labute approximate surface area is 199 Å². The van der Waals surface area contributed by atoms with Crippen LogP contribution in [0.2, 0.25) is 0 Å². The van der Waals surface area contributed by atoms with E-state index in [1.807, 2.05) is 0 Å². The van der Waals surface area contributed by atoms with Crippen molar-refractivity contribution in [3.63, 3.8) is 0 Å². The number of halogens is 4. The molecule has 2 atom stereocenters. The van der Waals surface area contributed by atoms with Crippen molar-refractivity contribution in [2.45, 2.75) is 39.0 Å². The van der Waals surface area contributed by atoms with Gasteiger partial charge in [0.2, 0.25) is 0 Å². The highest BCUT2D eigenvalue weighted by Gasteiger charge is 2.28. The van der Waals surface area contributed by atoms with Gasteiger partial charge in [-0.1, -0.05) is 24.3 Å². The number of alkyl halides is 3. The number of nitrogens with one attached hydrogen (secondary N) is 2. The molecule has 0 saturated heterocycles. The van der Waals surface area contributed by atoms with E-state index in [-0.39, 0.29) is 12.1 Å². The zero-order valence-corrected chi connectivity index (χ0v) is 19.2. The number of rotatable bonds is 6. The molecule has 0 spiro atoms. The number of benzene rings is 1. The smallest absolute Gasteiger partial charge is 0.266 e. The topological polar surface area (TPSA) is 90.4 Å². The minimum absolute atomic E-state index is 0.0634. The zero-order valence-electron chi connectivity index (χ0n) is 19.2. The van der Waals surface area contributed by atoms with Crippen LogP contribution in [0.5, 0.6) is 0 Å². The standard InChI is InChI=1S/C24H25F4N5O2/c1-12(15-4-3-5-16(20(15)26)21(27)28)29-22-18-10-17(24(35)32-23(18)31-13(2)30-22)14-6-8-33(9-7-14)19(34)11-25/h3-6,10,12,21,24,35H,7-9,11H2,1-2H3,(H2,29,30,31,32)/t12-,24?/m1/s1. The first-order valence-electron chi connectivity index (χ1n) is 11.1. The van der Waals surface area contributed by atoms with E-state index in [1.165, 1.54) is 17.0 Å². The van der Waals surface area contributed by atoms with Gasteiger partial charge in [0.15, 0.2) is 12.9 Å². The van der Waals surface area contributed by atoms with Crippen molar-refractivity contribution in [3.8, 4) is 0 Å². The van der Waals surface area contributed by atoms with Gasteiger partial charge in [0.25, 0.3) is 12.3 Å². The van der Waals surface area contributed by atoms with E-state index in [0.717, 1.165) is 11.6 Å². The van der Waals surface area contributed by atoms with Gasteiger partial charge in [0.1, 0.15) is 23.3 Å². The second-order valence-corrected chi connectivity index (χ2v) is 8.40. The maximum Gasteiger partial charge on any atom is 0.266 e. The van der Waals surface area contributed by atoms with E-state index in [4.69, 9.17) is 0 Å². The second kappa shape index (κ2) is 10.0. The molecule has 1 amide bonds. The van der Waals surface area contributed by atoms with Crippen molar-refractivity contribution in [1.29, 1.82) is 0 Å². The summed E-state index contributed by atoms with van der Waals surface area (Å²) >= 11 is 0. The van der Waals surface area contributed by atoms with Gasteiger partial charge in [0.05, 0.1) is 17.2 Å². The lowest BCUT2D eigenvalue weighted by Crippen LogP contribution is -2.37. The molecule has 186 valence electrons. The van der Waals surface area contributed by atoms with E-state index in [9.17, 15) is 27.5 Å². The fraction of sp³-hybridized carbons (Fsp3) is 0.375. The molecule has 3 heterocycles. The summed E-state index contributed by atoms with van der Waals surface area (Å²) in [6.45, 7) is 2.77. The summed E-state index contributed by atoms with van der Waals surface area (Å²) in [5.41, 5.74) is 1.23. The number of fused-ring (bicyclic) bond motifs is 1. The molecule has 4 rings (SSSR count). The number of carbonyl (C=O) groups is 1. The highest BCUT2D eigenvalue weighted by molar-refractivity contribution is 5.81. The van der Waals surface area contributed by atoms with Gasteiger partial charge in [-0.3, -0.25) is 4.79 Å². The molecule has 0 bridgehead atoms. The van der Waals surface area contributed by atoms with E-state index in [0.29, 0.717) is 41.6 Å². The van der Waals surface area contributed by atoms with Crippen LogP contribution in [0.15, 0.2) is 35.4 Å². The van der Waals surface area contributed by atoms with Crippen LogP contribution in [0, 0.1) is 12.7 Å². The average Bonchev–Trinajstić information content (AvgIpc) is 2.83. The normalized spacial score (nSPS) is 18.4. The lowest BCUT2D eigenvalue weighted by Gasteiger charge is -2.31. The van der Waals surface area contributed by atoms with Crippen LogP contribution in [0.25, 0.3) is 6.08 Å². The van der Waals surface area contributed by atoms with E-state index in [1.54, 1.807) is 26.0 Å². The van der Waals surface area contributed by atoms with Crippen LogP contribution < -0.4 is 10.6 Å². The lowest BCUT2D eigenvalue weighted by molar-refractivity contribution is -0.131. The second-order valence-electron chi connectivity index (χ2n) is 8.40. The van der Waals surface area contributed by atoms with Crippen molar-refractivity contribution < 1.29 is 27.5 Å². The lowest BCUT2D eigenvalue weighted by atomic mass is 9.94. The van der Waals surface area contributed by atoms with Crippen LogP contribution in [-0.4, -0.2) is 51.9 Å². The summed E-state index contributed by atoms with van der Waals surface area (Å²) < 4.78 is 53.7. The first-order valence-corrected chi connectivity index (χ1v) is 11.1. The number of aliphatic hydroxyl groups excluding tert-OH is 1. The summed E-state index contributed by atoms with van der Waals surface area (Å²) in [7, 11) is 0. The third-order valence-corrected chi connectivity index (χ3v) is 6.09. The Bertz CT molecular complexity index is 1200. The van der Waals surface area contributed by atoms with Crippen molar-refractivity contribution in [2.24, 2.45) is 0 Å². The zero-order chi connectivity index (χ0) is 25.3. The molecule has 1 aromatic heterocycles. The molecule has 0 aliphatic carbocycles. The van der Waals surface area contributed by atoms with Crippen molar-refractivity contribution in [3.05, 3.63) is 63.8 Å². The average molecular weight is 491 g/mol. The summed E-state index contributed by atoms with van der Waals surface area (Å²) in [5, 5.41) is 16.7. The number of amides is 1. The number of hydrogen-bond donors (Lipinski definition) is 3. The highest BCUT2D eigenvalue weighted by Crippen LogP contribution is 2.36. The van der Waals surface area contributed by atoms with Gasteiger partial charge >= 0.3 is 0 Å². The number of carbonyl (C=O) groups excluding carboxylic acids is 1. The van der Waals surface area contributed by atoms with Gasteiger partial charge in [-0.25, -0.2) is 27.5 Å². The first kappa shape index (κ1) is 24.6. The summed E-state index contributed by atoms with van der Waals surface area (Å²) in [6.07, 6.45) is -0.128. The number of hydrogen-bond acceptors (Lipinski definition) is 6. The van der Waals surface area contributed by atoms with Gasteiger partial charge in [-0.05, 0) is 31.9 Å². The molecule has 1 aromatic carbocycles. The van der Waals surface area contributed by atoms with Gasteiger partial charge < -0.3 is 20.6 Å². The number of aromatic nitrogens is 2. The van der Waals surface area contributed by atoms with Crippen LogP contribution in [0.1, 0.15) is 48.3 Å². The van der Waals surface area contributed by atoms with Crippen molar-refractivity contribution >= 4 is 23.6 Å². The Hall–Kier alpha value is -3.47. The summed E-state index contributed by atoms with van der Waals surface area (Å²) in [6, 6.07) is 3.15.